The number of nitrogens with zero attached hydrogens (tertiary/aromatic N) is 1. The summed E-state index contributed by atoms with van der Waals surface area (Å²) >= 11 is 1.31. The summed E-state index contributed by atoms with van der Waals surface area (Å²) in [5.74, 6) is -0.836. The number of hydrogen-bond donors (Lipinski definition) is 2. The number of esters is 1. The van der Waals surface area contributed by atoms with Crippen molar-refractivity contribution in [1.29, 1.82) is 0 Å². The van der Waals surface area contributed by atoms with Crippen molar-refractivity contribution in [3.8, 4) is 0 Å². The number of nitrogens with one attached hydrogen (secondary N) is 2. The Labute approximate surface area is 134 Å². The number of carbonyl (C=O) groups excluding carboxylic acids is 2. The van der Waals surface area contributed by atoms with Crippen LogP contribution in [-0.4, -0.2) is 35.6 Å². The molecule has 0 unspecified atom stereocenters. The molecule has 1 atom stereocenters. The van der Waals surface area contributed by atoms with E-state index >= 15 is 0 Å². The maximum atomic E-state index is 12.0. The van der Waals surface area contributed by atoms with Crippen molar-refractivity contribution >= 4 is 28.3 Å². The number of rotatable bonds is 7. The molecule has 0 aliphatic heterocycles. The normalized spacial score (nSPS) is 16.0. The van der Waals surface area contributed by atoms with E-state index in [1.807, 2.05) is 0 Å². The summed E-state index contributed by atoms with van der Waals surface area (Å²) in [5, 5.41) is 8.13. The zero-order valence-electron chi connectivity index (χ0n) is 12.6. The number of anilines is 1. The predicted molar refractivity (Wildman–Crippen MR) is 86.1 cm³/mol. The van der Waals surface area contributed by atoms with Gasteiger partial charge in [0, 0.05) is 18.0 Å². The molecular weight excluding hydrogens is 302 g/mol. The molecule has 0 radical (unpaired) electrons. The Hall–Kier alpha value is -1.89. The smallest absolute Gasteiger partial charge is 0.358 e. The lowest BCUT2D eigenvalue weighted by atomic mass is 10.2. The summed E-state index contributed by atoms with van der Waals surface area (Å²) < 4.78 is 5.17. The fourth-order valence-corrected chi connectivity index (χ4v) is 2.96. The van der Waals surface area contributed by atoms with Crippen molar-refractivity contribution in [1.82, 2.24) is 10.3 Å². The molecule has 1 saturated carbocycles. The molecule has 0 bridgehead atoms. The Bertz CT molecular complexity index is 538. The van der Waals surface area contributed by atoms with Crippen LogP contribution in [-0.2, 0) is 9.53 Å². The molecule has 1 aliphatic carbocycles. The van der Waals surface area contributed by atoms with Crippen LogP contribution < -0.4 is 10.6 Å². The molecule has 2 N–H and O–H groups in total. The predicted octanol–water partition coefficient (Wildman–Crippen LogP) is 2.35. The average molecular weight is 323 g/mol. The Morgan fingerprint density at radius 2 is 2.27 bits per heavy atom. The zero-order chi connectivity index (χ0) is 15.9. The standard InChI is InChI=1S/C15H21N3O3S/c1-3-8-16-15-18-12(9-22-15)14(20)21-10(2)13(19)17-11-6-4-5-7-11/h3,9-11H,1,4-8H2,2H3,(H,16,18)(H,17,19)/t10-/m1/s1. The lowest BCUT2D eigenvalue weighted by Gasteiger charge is -2.16. The van der Waals surface area contributed by atoms with Crippen LogP contribution in [0.2, 0.25) is 0 Å². The highest BCUT2D eigenvalue weighted by Crippen LogP contribution is 2.18. The van der Waals surface area contributed by atoms with Gasteiger partial charge in [-0.3, -0.25) is 4.79 Å². The highest BCUT2D eigenvalue weighted by molar-refractivity contribution is 7.13. The number of thiazole rings is 1. The van der Waals surface area contributed by atoms with E-state index in [1.165, 1.54) is 11.3 Å². The van der Waals surface area contributed by atoms with Crippen molar-refractivity contribution in [2.45, 2.75) is 44.8 Å². The molecule has 0 aromatic carbocycles. The molecule has 0 spiro atoms. The van der Waals surface area contributed by atoms with Crippen molar-refractivity contribution in [2.75, 3.05) is 11.9 Å². The third-order valence-electron chi connectivity index (χ3n) is 3.47. The largest absolute Gasteiger partial charge is 0.448 e. The summed E-state index contributed by atoms with van der Waals surface area (Å²) in [5.41, 5.74) is 0.206. The van der Waals surface area contributed by atoms with Gasteiger partial charge in [0.15, 0.2) is 16.9 Å². The Morgan fingerprint density at radius 3 is 2.95 bits per heavy atom. The monoisotopic (exact) mass is 323 g/mol. The highest BCUT2D eigenvalue weighted by Gasteiger charge is 2.24. The van der Waals surface area contributed by atoms with Gasteiger partial charge in [0.05, 0.1) is 0 Å². The molecule has 6 nitrogen and oxygen atoms in total. The molecular formula is C15H21N3O3S. The maximum absolute atomic E-state index is 12.0. The number of carbonyl (C=O) groups is 2. The topological polar surface area (TPSA) is 80.3 Å². The van der Waals surface area contributed by atoms with Crippen LogP contribution in [0.1, 0.15) is 43.1 Å². The molecule has 1 aromatic heterocycles. The summed E-state index contributed by atoms with van der Waals surface area (Å²) in [4.78, 5) is 28.1. The van der Waals surface area contributed by atoms with E-state index in [4.69, 9.17) is 4.74 Å². The SMILES string of the molecule is C=CCNc1nc(C(=O)O[C@H](C)C(=O)NC2CCCC2)cs1. The van der Waals surface area contributed by atoms with Gasteiger partial charge in [-0.2, -0.15) is 0 Å². The van der Waals surface area contributed by atoms with Gasteiger partial charge in [0.2, 0.25) is 0 Å². The van der Waals surface area contributed by atoms with Crippen LogP contribution in [0, 0.1) is 0 Å². The van der Waals surface area contributed by atoms with Gasteiger partial charge < -0.3 is 15.4 Å². The minimum atomic E-state index is -0.820. The van der Waals surface area contributed by atoms with Gasteiger partial charge in [-0.1, -0.05) is 18.9 Å². The van der Waals surface area contributed by atoms with Crippen LogP contribution in [0.25, 0.3) is 0 Å². The minimum absolute atomic E-state index is 0.206. The van der Waals surface area contributed by atoms with Crippen molar-refractivity contribution < 1.29 is 14.3 Å². The maximum Gasteiger partial charge on any atom is 0.358 e. The van der Waals surface area contributed by atoms with E-state index in [1.54, 1.807) is 18.4 Å². The molecule has 1 heterocycles. The fourth-order valence-electron chi connectivity index (χ4n) is 2.27. The van der Waals surface area contributed by atoms with Gasteiger partial charge in [0.1, 0.15) is 0 Å². The number of aromatic nitrogens is 1. The van der Waals surface area contributed by atoms with Crippen LogP contribution in [0.3, 0.4) is 0 Å². The lowest BCUT2D eigenvalue weighted by molar-refractivity contribution is -0.129. The molecule has 1 amide bonds. The van der Waals surface area contributed by atoms with E-state index < -0.39 is 12.1 Å². The van der Waals surface area contributed by atoms with Crippen LogP contribution in [0.5, 0.6) is 0 Å². The number of ether oxygens (including phenoxy) is 1. The second kappa shape index (κ2) is 7.93. The second-order valence-corrected chi connectivity index (χ2v) is 6.10. The van der Waals surface area contributed by atoms with Gasteiger partial charge >= 0.3 is 5.97 Å². The van der Waals surface area contributed by atoms with E-state index in [9.17, 15) is 9.59 Å². The quantitative estimate of drug-likeness (QED) is 0.595. The summed E-state index contributed by atoms with van der Waals surface area (Å²) in [6.07, 6.45) is 5.15. The lowest BCUT2D eigenvalue weighted by Crippen LogP contribution is -2.40. The van der Waals surface area contributed by atoms with Crippen molar-refractivity contribution in [3.05, 3.63) is 23.7 Å². The van der Waals surface area contributed by atoms with E-state index in [-0.39, 0.29) is 17.6 Å². The third kappa shape index (κ3) is 4.56. The van der Waals surface area contributed by atoms with Gasteiger partial charge in [-0.15, -0.1) is 17.9 Å². The van der Waals surface area contributed by atoms with E-state index in [0.29, 0.717) is 11.7 Å². The molecule has 1 fully saturated rings. The Kier molecular flexibility index (Phi) is 5.94. The molecule has 1 aliphatic rings. The van der Waals surface area contributed by atoms with Crippen molar-refractivity contribution in [3.63, 3.8) is 0 Å². The third-order valence-corrected chi connectivity index (χ3v) is 4.27. The Balaban J connectivity index is 1.83. The first-order valence-electron chi connectivity index (χ1n) is 7.42. The summed E-state index contributed by atoms with van der Waals surface area (Å²) in [6, 6.07) is 0.211. The van der Waals surface area contributed by atoms with Crippen LogP contribution in [0.4, 0.5) is 5.13 Å². The van der Waals surface area contributed by atoms with Crippen LogP contribution >= 0.6 is 11.3 Å². The van der Waals surface area contributed by atoms with Gasteiger partial charge in [-0.05, 0) is 19.8 Å². The molecule has 7 heteroatoms. The zero-order valence-corrected chi connectivity index (χ0v) is 13.4. The number of amides is 1. The second-order valence-electron chi connectivity index (χ2n) is 5.24. The first-order chi connectivity index (χ1) is 10.6. The van der Waals surface area contributed by atoms with E-state index in [2.05, 4.69) is 22.2 Å². The first kappa shape index (κ1) is 16.5. The number of hydrogen-bond acceptors (Lipinski definition) is 6. The van der Waals surface area contributed by atoms with Crippen LogP contribution in [0.15, 0.2) is 18.0 Å². The van der Waals surface area contributed by atoms with Gasteiger partial charge in [0.25, 0.3) is 5.91 Å². The average Bonchev–Trinajstić information content (AvgIpc) is 3.16. The molecule has 1 aromatic rings. The molecule has 120 valence electrons. The molecule has 2 rings (SSSR count). The minimum Gasteiger partial charge on any atom is -0.448 e. The van der Waals surface area contributed by atoms with Crippen molar-refractivity contribution in [2.24, 2.45) is 0 Å². The fraction of sp³-hybridized carbons (Fsp3) is 0.533. The summed E-state index contributed by atoms with van der Waals surface area (Å²) in [6.45, 7) is 5.74. The highest BCUT2D eigenvalue weighted by atomic mass is 32.1. The van der Waals surface area contributed by atoms with Gasteiger partial charge in [-0.25, -0.2) is 9.78 Å². The molecule has 0 saturated heterocycles. The molecule has 22 heavy (non-hydrogen) atoms. The summed E-state index contributed by atoms with van der Waals surface area (Å²) in [7, 11) is 0. The first-order valence-corrected chi connectivity index (χ1v) is 8.29. The van der Waals surface area contributed by atoms with E-state index in [0.717, 1.165) is 25.7 Å². The Morgan fingerprint density at radius 1 is 1.55 bits per heavy atom.